The molecule has 7 heteroatoms. The lowest BCUT2D eigenvalue weighted by molar-refractivity contribution is -0.0756. The molecule has 0 radical (unpaired) electrons. The van der Waals surface area contributed by atoms with Gasteiger partial charge in [0.15, 0.2) is 4.67 Å². The average Bonchev–Trinajstić information content (AvgIpc) is 2.50. The third kappa shape index (κ3) is 2.91. The van der Waals surface area contributed by atoms with Crippen molar-refractivity contribution in [3.8, 4) is 0 Å². The first-order valence-corrected chi connectivity index (χ1v) is 4.26. The fourth-order valence-corrected chi connectivity index (χ4v) is 1.12. The summed E-state index contributed by atoms with van der Waals surface area (Å²) in [4.78, 5) is 0. The van der Waals surface area contributed by atoms with Crippen LogP contribution < -0.4 is 5.73 Å². The minimum absolute atomic E-state index is 0. The van der Waals surface area contributed by atoms with Crippen molar-refractivity contribution in [3.05, 3.63) is 22.6 Å². The van der Waals surface area contributed by atoms with E-state index >= 15 is 0 Å². The molecule has 1 rings (SSSR count). The van der Waals surface area contributed by atoms with Gasteiger partial charge >= 0.3 is 0 Å². The van der Waals surface area contributed by atoms with Crippen LogP contribution in [0.15, 0.2) is 21.2 Å². The van der Waals surface area contributed by atoms with E-state index in [-0.39, 0.29) is 18.2 Å². The highest BCUT2D eigenvalue weighted by molar-refractivity contribution is 9.10. The molecule has 0 aromatic carbocycles. The third-order valence-electron chi connectivity index (χ3n) is 1.57. The van der Waals surface area contributed by atoms with Gasteiger partial charge in [-0.2, -0.15) is 0 Å². The summed E-state index contributed by atoms with van der Waals surface area (Å²) < 4.78 is 30.7. The van der Waals surface area contributed by atoms with E-state index in [2.05, 4.69) is 15.9 Å². The normalized spacial score (nSPS) is 13.5. The highest BCUT2D eigenvalue weighted by atomic mass is 79.9. The van der Waals surface area contributed by atoms with Crippen molar-refractivity contribution < 1.29 is 18.3 Å². The van der Waals surface area contributed by atoms with Crippen LogP contribution in [0, 0.1) is 0 Å². The SMILES string of the molecule is Cl.N[C@H](c1ccc(Br)o1)C(F)(F)CO. The molecule has 1 atom stereocenters. The molecule has 14 heavy (non-hydrogen) atoms. The van der Waals surface area contributed by atoms with Gasteiger partial charge in [-0.15, -0.1) is 12.4 Å². The zero-order valence-electron chi connectivity index (χ0n) is 6.91. The molecule has 0 bridgehead atoms. The van der Waals surface area contributed by atoms with E-state index < -0.39 is 18.6 Å². The van der Waals surface area contributed by atoms with Crippen LogP contribution in [0.25, 0.3) is 0 Å². The average molecular weight is 293 g/mol. The van der Waals surface area contributed by atoms with Crippen molar-refractivity contribution in [1.29, 1.82) is 0 Å². The molecule has 0 amide bonds. The standard InChI is InChI=1S/C7H8BrF2NO2.ClH/c8-5-2-1-4(13-5)6(11)7(9,10)3-12;/h1-2,6,12H,3,11H2;1H/t6-;/m1./s1. The first-order valence-electron chi connectivity index (χ1n) is 3.47. The van der Waals surface area contributed by atoms with Crippen LogP contribution in [0.3, 0.4) is 0 Å². The second-order valence-electron chi connectivity index (χ2n) is 2.54. The summed E-state index contributed by atoms with van der Waals surface area (Å²) in [6.07, 6.45) is 0. The number of aliphatic hydroxyl groups is 1. The molecule has 3 N–H and O–H groups in total. The first-order chi connectivity index (χ1) is 5.97. The molecule has 1 aromatic heterocycles. The van der Waals surface area contributed by atoms with Crippen LogP contribution in [-0.4, -0.2) is 17.6 Å². The Bertz CT molecular complexity index is 295. The molecule has 1 heterocycles. The van der Waals surface area contributed by atoms with E-state index in [0.29, 0.717) is 4.67 Å². The van der Waals surface area contributed by atoms with Crippen molar-refractivity contribution in [2.24, 2.45) is 5.73 Å². The summed E-state index contributed by atoms with van der Waals surface area (Å²) in [6, 6.07) is 1.17. The number of aliphatic hydroxyl groups excluding tert-OH is 1. The Hall–Kier alpha value is -0.170. The van der Waals surface area contributed by atoms with E-state index in [0.717, 1.165) is 0 Å². The summed E-state index contributed by atoms with van der Waals surface area (Å²) in [5.74, 6) is -3.43. The van der Waals surface area contributed by atoms with Crippen LogP contribution in [-0.2, 0) is 0 Å². The highest BCUT2D eigenvalue weighted by Crippen LogP contribution is 2.30. The summed E-state index contributed by atoms with van der Waals surface area (Å²) in [7, 11) is 0. The Morgan fingerprint density at radius 2 is 2.14 bits per heavy atom. The van der Waals surface area contributed by atoms with Crippen LogP contribution in [0.2, 0.25) is 0 Å². The molecule has 0 aliphatic carbocycles. The Morgan fingerprint density at radius 1 is 1.57 bits per heavy atom. The van der Waals surface area contributed by atoms with Gasteiger partial charge in [0.2, 0.25) is 0 Å². The van der Waals surface area contributed by atoms with Gasteiger partial charge in [0.1, 0.15) is 18.4 Å². The van der Waals surface area contributed by atoms with Gasteiger partial charge in [0.05, 0.1) is 0 Å². The Labute approximate surface area is 93.8 Å². The molecule has 0 aliphatic rings. The van der Waals surface area contributed by atoms with Gasteiger partial charge in [-0.05, 0) is 28.1 Å². The molecule has 0 aliphatic heterocycles. The number of halogens is 4. The fraction of sp³-hybridized carbons (Fsp3) is 0.429. The molecule has 0 fully saturated rings. The number of furan rings is 1. The summed E-state index contributed by atoms with van der Waals surface area (Å²) in [5, 5.41) is 8.35. The van der Waals surface area contributed by atoms with Gasteiger partial charge in [-0.25, -0.2) is 8.78 Å². The molecule has 0 spiro atoms. The smallest absolute Gasteiger partial charge is 0.292 e. The lowest BCUT2D eigenvalue weighted by Crippen LogP contribution is -2.35. The number of alkyl halides is 2. The zero-order valence-corrected chi connectivity index (χ0v) is 9.32. The maximum Gasteiger partial charge on any atom is 0.292 e. The van der Waals surface area contributed by atoms with Crippen molar-refractivity contribution in [2.45, 2.75) is 12.0 Å². The third-order valence-corrected chi connectivity index (χ3v) is 1.99. The van der Waals surface area contributed by atoms with Crippen molar-refractivity contribution in [3.63, 3.8) is 0 Å². The zero-order chi connectivity index (χ0) is 10.1. The van der Waals surface area contributed by atoms with Crippen molar-refractivity contribution >= 4 is 28.3 Å². The second-order valence-corrected chi connectivity index (χ2v) is 3.32. The largest absolute Gasteiger partial charge is 0.452 e. The maximum atomic E-state index is 12.8. The minimum Gasteiger partial charge on any atom is -0.452 e. The molecule has 0 unspecified atom stereocenters. The number of hydrogen-bond donors (Lipinski definition) is 2. The van der Waals surface area contributed by atoms with Gasteiger partial charge in [-0.1, -0.05) is 0 Å². The van der Waals surface area contributed by atoms with E-state index in [4.69, 9.17) is 15.3 Å². The second kappa shape index (κ2) is 5.06. The number of nitrogens with two attached hydrogens (primary N) is 1. The summed E-state index contributed by atoms with van der Waals surface area (Å²) in [6.45, 7) is -1.30. The van der Waals surface area contributed by atoms with Crippen LogP contribution in [0.4, 0.5) is 8.78 Å². The van der Waals surface area contributed by atoms with Crippen LogP contribution in [0.5, 0.6) is 0 Å². The van der Waals surface area contributed by atoms with E-state index in [1.807, 2.05) is 0 Å². The highest BCUT2D eigenvalue weighted by Gasteiger charge is 2.39. The lowest BCUT2D eigenvalue weighted by atomic mass is 10.1. The number of hydrogen-bond acceptors (Lipinski definition) is 3. The van der Waals surface area contributed by atoms with Gasteiger partial charge in [0, 0.05) is 0 Å². The molecule has 1 aromatic rings. The summed E-state index contributed by atoms with van der Waals surface area (Å²) >= 11 is 2.96. The van der Waals surface area contributed by atoms with E-state index in [1.54, 1.807) is 0 Å². The van der Waals surface area contributed by atoms with Gasteiger partial charge < -0.3 is 15.3 Å². The quantitative estimate of drug-likeness (QED) is 0.897. The van der Waals surface area contributed by atoms with Crippen LogP contribution in [0.1, 0.15) is 11.8 Å². The molecule has 82 valence electrons. The Balaban J connectivity index is 0.00000169. The Morgan fingerprint density at radius 3 is 2.50 bits per heavy atom. The van der Waals surface area contributed by atoms with Crippen LogP contribution >= 0.6 is 28.3 Å². The van der Waals surface area contributed by atoms with E-state index in [1.165, 1.54) is 12.1 Å². The van der Waals surface area contributed by atoms with Gasteiger partial charge in [-0.3, -0.25) is 0 Å². The summed E-state index contributed by atoms with van der Waals surface area (Å²) in [5.41, 5.74) is 5.17. The van der Waals surface area contributed by atoms with Gasteiger partial charge in [0.25, 0.3) is 5.92 Å². The fourth-order valence-electron chi connectivity index (χ4n) is 0.802. The van der Waals surface area contributed by atoms with E-state index in [9.17, 15) is 8.78 Å². The van der Waals surface area contributed by atoms with Crippen molar-refractivity contribution in [2.75, 3.05) is 6.61 Å². The molecule has 0 saturated carbocycles. The molecule has 0 saturated heterocycles. The molecular weight excluding hydrogens is 283 g/mol. The molecular formula is C7H9BrClF2NO2. The number of rotatable bonds is 3. The minimum atomic E-state index is -3.36. The predicted octanol–water partition coefficient (Wildman–Crippen LogP) is 2.09. The first kappa shape index (κ1) is 13.8. The lowest BCUT2D eigenvalue weighted by Gasteiger charge is -2.18. The maximum absolute atomic E-state index is 12.8. The topological polar surface area (TPSA) is 59.4 Å². The van der Waals surface area contributed by atoms with Crippen molar-refractivity contribution in [1.82, 2.24) is 0 Å². The monoisotopic (exact) mass is 291 g/mol. The molecule has 3 nitrogen and oxygen atoms in total. The predicted molar refractivity (Wildman–Crippen MR) is 52.6 cm³/mol. The Kier molecular flexibility index (Phi) is 5.00.